The Morgan fingerprint density at radius 1 is 1.27 bits per heavy atom. The van der Waals surface area contributed by atoms with Crippen molar-refractivity contribution >= 4 is 40.2 Å². The predicted octanol–water partition coefficient (Wildman–Crippen LogP) is 4.21. The monoisotopic (exact) mass is 447 g/mol. The zero-order valence-corrected chi connectivity index (χ0v) is 18.2. The number of hydrogen-bond acceptors (Lipinski definition) is 6. The van der Waals surface area contributed by atoms with E-state index in [2.05, 4.69) is 22.0 Å². The molecule has 0 amide bonds. The van der Waals surface area contributed by atoms with Gasteiger partial charge >= 0.3 is 0 Å². The van der Waals surface area contributed by atoms with Crippen LogP contribution in [0.5, 0.6) is 0 Å². The highest BCUT2D eigenvalue weighted by atomic mass is 35.5. The van der Waals surface area contributed by atoms with Crippen LogP contribution in [-0.2, 0) is 11.3 Å². The highest BCUT2D eigenvalue weighted by Crippen LogP contribution is 2.43. The number of aromatic amines is 1. The minimum absolute atomic E-state index is 0.200. The second kappa shape index (κ2) is 7.64. The van der Waals surface area contributed by atoms with Crippen molar-refractivity contribution in [2.45, 2.75) is 38.9 Å². The SMILES string of the molecule is C[C@H]1CC2(CCN(c3nc4[nH]nc(-c5cccc(Cl)c5Cl)c4nc3CO)CC2)CO1. The van der Waals surface area contributed by atoms with Crippen molar-refractivity contribution in [2.75, 3.05) is 24.6 Å². The fourth-order valence-corrected chi connectivity index (χ4v) is 5.08. The Morgan fingerprint density at radius 3 is 2.77 bits per heavy atom. The molecule has 5 rings (SSSR count). The summed E-state index contributed by atoms with van der Waals surface area (Å²) in [6, 6.07) is 5.38. The molecule has 1 aromatic carbocycles. The Morgan fingerprint density at radius 2 is 2.07 bits per heavy atom. The molecule has 2 N–H and O–H groups in total. The molecule has 1 atom stereocenters. The third-order valence-corrected chi connectivity index (χ3v) is 7.14. The van der Waals surface area contributed by atoms with Gasteiger partial charge in [-0.25, -0.2) is 9.97 Å². The van der Waals surface area contributed by atoms with E-state index in [0.29, 0.717) is 50.1 Å². The molecule has 2 aliphatic heterocycles. The minimum atomic E-state index is -0.200. The topological polar surface area (TPSA) is 87.2 Å². The third-order valence-electron chi connectivity index (χ3n) is 6.32. The number of ether oxygens (including phenoxy) is 1. The average Bonchev–Trinajstić information content (AvgIpc) is 3.33. The quantitative estimate of drug-likeness (QED) is 0.624. The van der Waals surface area contributed by atoms with Crippen molar-refractivity contribution < 1.29 is 9.84 Å². The van der Waals surface area contributed by atoms with Gasteiger partial charge in [0.15, 0.2) is 11.5 Å². The molecule has 0 aliphatic carbocycles. The number of rotatable bonds is 3. The van der Waals surface area contributed by atoms with Gasteiger partial charge in [-0.2, -0.15) is 5.10 Å². The maximum absolute atomic E-state index is 10.0. The lowest BCUT2D eigenvalue weighted by atomic mass is 9.77. The van der Waals surface area contributed by atoms with Gasteiger partial charge in [0.1, 0.15) is 16.9 Å². The van der Waals surface area contributed by atoms with Crippen LogP contribution < -0.4 is 4.90 Å². The van der Waals surface area contributed by atoms with Gasteiger partial charge in [0.2, 0.25) is 0 Å². The van der Waals surface area contributed by atoms with E-state index in [-0.39, 0.29) is 12.0 Å². The molecule has 3 aromatic rings. The molecule has 1 spiro atoms. The number of halogens is 2. The Kier molecular flexibility index (Phi) is 5.09. The molecule has 4 heterocycles. The molecule has 158 valence electrons. The van der Waals surface area contributed by atoms with E-state index in [1.807, 2.05) is 12.1 Å². The molecule has 9 heteroatoms. The second-order valence-corrected chi connectivity index (χ2v) is 9.12. The number of aliphatic hydroxyl groups excluding tert-OH is 1. The molecule has 30 heavy (non-hydrogen) atoms. The first-order valence-electron chi connectivity index (χ1n) is 10.2. The molecule has 2 aromatic heterocycles. The molecule has 0 saturated carbocycles. The summed E-state index contributed by atoms with van der Waals surface area (Å²) in [5.74, 6) is 0.708. The number of nitrogens with one attached hydrogen (secondary N) is 1. The summed E-state index contributed by atoms with van der Waals surface area (Å²) >= 11 is 12.5. The third kappa shape index (κ3) is 3.34. The van der Waals surface area contributed by atoms with Crippen molar-refractivity contribution in [3.8, 4) is 11.3 Å². The summed E-state index contributed by atoms with van der Waals surface area (Å²) in [5.41, 5.74) is 3.19. The first-order valence-corrected chi connectivity index (χ1v) is 10.9. The van der Waals surface area contributed by atoms with Crippen molar-refractivity contribution in [3.63, 3.8) is 0 Å². The Labute approximate surface area is 184 Å². The van der Waals surface area contributed by atoms with Crippen LogP contribution >= 0.6 is 23.2 Å². The molecule has 0 bridgehead atoms. The van der Waals surface area contributed by atoms with Crippen molar-refractivity contribution in [3.05, 3.63) is 33.9 Å². The fraction of sp³-hybridized carbons (Fsp3) is 0.476. The molecule has 0 unspecified atom stereocenters. The molecular formula is C21H23Cl2N5O2. The van der Waals surface area contributed by atoms with Crippen LogP contribution in [0.2, 0.25) is 10.0 Å². The lowest BCUT2D eigenvalue weighted by molar-refractivity contribution is 0.0975. The number of aliphatic hydroxyl groups is 1. The zero-order chi connectivity index (χ0) is 20.9. The van der Waals surface area contributed by atoms with Crippen LogP contribution in [0.4, 0.5) is 5.82 Å². The number of H-pyrrole nitrogens is 1. The number of aromatic nitrogens is 4. The van der Waals surface area contributed by atoms with Gasteiger partial charge in [-0.15, -0.1) is 0 Å². The smallest absolute Gasteiger partial charge is 0.177 e. The number of piperidine rings is 1. The van der Waals surface area contributed by atoms with Gasteiger partial charge in [0, 0.05) is 18.7 Å². The molecular weight excluding hydrogens is 425 g/mol. The minimum Gasteiger partial charge on any atom is -0.390 e. The van der Waals surface area contributed by atoms with Gasteiger partial charge < -0.3 is 14.7 Å². The molecule has 0 radical (unpaired) electrons. The Balaban J connectivity index is 1.48. The average molecular weight is 448 g/mol. The van der Waals surface area contributed by atoms with Crippen LogP contribution in [0.3, 0.4) is 0 Å². The summed E-state index contributed by atoms with van der Waals surface area (Å²) in [4.78, 5) is 11.7. The predicted molar refractivity (Wildman–Crippen MR) is 117 cm³/mol. The van der Waals surface area contributed by atoms with E-state index >= 15 is 0 Å². The van der Waals surface area contributed by atoms with Crippen molar-refractivity contribution in [2.24, 2.45) is 5.41 Å². The van der Waals surface area contributed by atoms with Gasteiger partial charge in [-0.1, -0.05) is 35.3 Å². The molecule has 2 fully saturated rings. The van der Waals surface area contributed by atoms with Gasteiger partial charge in [0.05, 0.1) is 29.4 Å². The van der Waals surface area contributed by atoms with E-state index in [1.54, 1.807) is 6.07 Å². The first kappa shape index (κ1) is 20.0. The largest absolute Gasteiger partial charge is 0.390 e. The fourth-order valence-electron chi connectivity index (χ4n) is 4.69. The van der Waals surface area contributed by atoms with Crippen LogP contribution in [0.25, 0.3) is 22.4 Å². The van der Waals surface area contributed by atoms with Crippen LogP contribution in [0.1, 0.15) is 31.9 Å². The zero-order valence-electron chi connectivity index (χ0n) is 16.7. The van der Waals surface area contributed by atoms with Crippen LogP contribution in [0.15, 0.2) is 18.2 Å². The van der Waals surface area contributed by atoms with Crippen LogP contribution in [0, 0.1) is 5.41 Å². The number of anilines is 1. The summed E-state index contributed by atoms with van der Waals surface area (Å²) in [5, 5.41) is 18.2. The lowest BCUT2D eigenvalue weighted by Crippen LogP contribution is -2.41. The van der Waals surface area contributed by atoms with Gasteiger partial charge in [-0.3, -0.25) is 5.10 Å². The van der Waals surface area contributed by atoms with Gasteiger partial charge in [-0.05, 0) is 37.7 Å². The molecule has 2 saturated heterocycles. The lowest BCUT2D eigenvalue weighted by Gasteiger charge is -2.39. The van der Waals surface area contributed by atoms with E-state index in [1.165, 1.54) is 0 Å². The number of fused-ring (bicyclic) bond motifs is 1. The standard InChI is InChI=1S/C21H23Cl2N5O2/c1-12-9-21(11-30-12)5-7-28(8-6-21)20-15(10-29)24-18-17(26-27-19(18)25-20)13-3-2-4-14(22)16(13)23/h2-4,12,29H,5-11H2,1H3,(H,25,26,27)/t12-/m0/s1. The summed E-state index contributed by atoms with van der Waals surface area (Å²) in [6.07, 6.45) is 3.55. The number of nitrogens with zero attached hydrogens (tertiary/aromatic N) is 4. The summed E-state index contributed by atoms with van der Waals surface area (Å²) in [6.45, 7) is 4.51. The molecule has 7 nitrogen and oxygen atoms in total. The molecule has 2 aliphatic rings. The second-order valence-electron chi connectivity index (χ2n) is 8.34. The van der Waals surface area contributed by atoms with Crippen LogP contribution in [-0.4, -0.2) is 51.1 Å². The number of benzene rings is 1. The normalized spacial score (nSPS) is 21.1. The summed E-state index contributed by atoms with van der Waals surface area (Å²) < 4.78 is 5.83. The summed E-state index contributed by atoms with van der Waals surface area (Å²) in [7, 11) is 0. The highest BCUT2D eigenvalue weighted by Gasteiger charge is 2.41. The van der Waals surface area contributed by atoms with E-state index in [0.717, 1.165) is 39.0 Å². The van der Waals surface area contributed by atoms with Crippen molar-refractivity contribution in [1.29, 1.82) is 0 Å². The Bertz CT molecular complexity index is 1090. The van der Waals surface area contributed by atoms with Crippen molar-refractivity contribution in [1.82, 2.24) is 20.2 Å². The highest BCUT2D eigenvalue weighted by molar-refractivity contribution is 6.43. The van der Waals surface area contributed by atoms with Gasteiger partial charge in [0.25, 0.3) is 0 Å². The first-order chi connectivity index (χ1) is 14.5. The maximum atomic E-state index is 10.0. The Hall–Kier alpha value is -1.93. The van der Waals surface area contributed by atoms with E-state index in [9.17, 15) is 5.11 Å². The van der Waals surface area contributed by atoms with E-state index in [4.69, 9.17) is 37.9 Å². The van der Waals surface area contributed by atoms with E-state index < -0.39 is 0 Å². The number of hydrogen-bond donors (Lipinski definition) is 2. The maximum Gasteiger partial charge on any atom is 0.177 e.